The van der Waals surface area contributed by atoms with Gasteiger partial charge in [-0.25, -0.2) is 4.79 Å². The number of Topliss-reactive ketones (excluding diaryl/α,β-unsaturated/α-hetero) is 1. The Morgan fingerprint density at radius 3 is 2.23 bits per heavy atom. The molecule has 4 rings (SSSR count). The monoisotopic (exact) mass is 400 g/mol. The second kappa shape index (κ2) is 7.10. The van der Waals surface area contributed by atoms with Crippen LogP contribution in [-0.2, 0) is 10.3 Å². The van der Waals surface area contributed by atoms with E-state index in [9.17, 15) is 14.4 Å². The summed E-state index contributed by atoms with van der Waals surface area (Å²) in [6.07, 6.45) is 0. The van der Waals surface area contributed by atoms with Crippen molar-refractivity contribution in [2.75, 3.05) is 6.54 Å². The number of hydrogen-bond acceptors (Lipinski definition) is 3. The predicted octanol–water partition coefficient (Wildman–Crippen LogP) is 4.41. The smallest absolute Gasteiger partial charge is 0.319 e. The number of hydrogen-bond donors (Lipinski definition) is 1. The molecule has 0 aliphatic carbocycles. The summed E-state index contributed by atoms with van der Waals surface area (Å²) in [7, 11) is 0. The number of carbonyl (C=O) groups is 3. The topological polar surface area (TPSA) is 66.5 Å². The van der Waals surface area contributed by atoms with Crippen molar-refractivity contribution in [3.63, 3.8) is 0 Å². The van der Waals surface area contributed by atoms with Gasteiger partial charge in [0.25, 0.3) is 5.91 Å². The lowest BCUT2D eigenvalue weighted by atomic mass is 9.90. The van der Waals surface area contributed by atoms with E-state index in [1.807, 2.05) is 75.4 Å². The Balaban J connectivity index is 1.64. The van der Waals surface area contributed by atoms with Crippen LogP contribution in [0.5, 0.6) is 0 Å². The fraction of sp³-hybridized carbons (Fsp3) is 0.240. The van der Waals surface area contributed by atoms with Crippen LogP contribution < -0.4 is 5.32 Å². The van der Waals surface area contributed by atoms with Crippen LogP contribution in [0.4, 0.5) is 4.79 Å². The van der Waals surface area contributed by atoms with Gasteiger partial charge in [0.2, 0.25) is 0 Å². The molecule has 5 nitrogen and oxygen atoms in total. The zero-order valence-electron chi connectivity index (χ0n) is 17.6. The van der Waals surface area contributed by atoms with E-state index in [-0.39, 0.29) is 12.3 Å². The molecule has 1 aliphatic rings. The van der Waals surface area contributed by atoms with Crippen LogP contribution in [0.3, 0.4) is 0 Å². The molecule has 5 heteroatoms. The normalized spacial score (nSPS) is 18.7. The van der Waals surface area contributed by atoms with Gasteiger partial charge in [-0.15, -0.1) is 0 Å². The number of urea groups is 1. The van der Waals surface area contributed by atoms with Crippen molar-refractivity contribution in [2.24, 2.45) is 0 Å². The standard InChI is InChI=1S/C25H24N2O3/c1-15-11-16(2)22(17(3)12-15)21(28)14-27-23(29)25(4,26-24(27)30)20-10-9-18-7-5-6-8-19(18)13-20/h5-13H,14H2,1-4H3,(H,26,30)/t25-/m0/s1. The van der Waals surface area contributed by atoms with E-state index in [1.54, 1.807) is 6.92 Å². The van der Waals surface area contributed by atoms with Crippen LogP contribution in [0.1, 0.15) is 39.5 Å². The van der Waals surface area contributed by atoms with Gasteiger partial charge >= 0.3 is 6.03 Å². The van der Waals surface area contributed by atoms with Crippen LogP contribution in [0.15, 0.2) is 54.6 Å². The maximum Gasteiger partial charge on any atom is 0.325 e. The van der Waals surface area contributed by atoms with E-state index in [4.69, 9.17) is 0 Å². The first-order valence-corrected chi connectivity index (χ1v) is 9.95. The molecule has 1 heterocycles. The van der Waals surface area contributed by atoms with E-state index in [1.165, 1.54) is 0 Å². The van der Waals surface area contributed by atoms with Gasteiger partial charge in [-0.1, -0.05) is 54.1 Å². The van der Waals surface area contributed by atoms with Crippen molar-refractivity contribution in [3.05, 3.63) is 82.4 Å². The molecule has 0 radical (unpaired) electrons. The molecule has 0 bridgehead atoms. The Morgan fingerprint density at radius 2 is 1.57 bits per heavy atom. The fourth-order valence-corrected chi connectivity index (χ4v) is 4.38. The maximum absolute atomic E-state index is 13.3. The Bertz CT molecular complexity index is 1190. The van der Waals surface area contributed by atoms with Crippen molar-refractivity contribution in [2.45, 2.75) is 33.2 Å². The van der Waals surface area contributed by atoms with Crippen LogP contribution >= 0.6 is 0 Å². The summed E-state index contributed by atoms with van der Waals surface area (Å²) in [4.78, 5) is 39.9. The molecule has 0 spiro atoms. The predicted molar refractivity (Wildman–Crippen MR) is 117 cm³/mol. The molecular formula is C25H24N2O3. The van der Waals surface area contributed by atoms with Crippen LogP contribution in [0.2, 0.25) is 0 Å². The second-order valence-electron chi connectivity index (χ2n) is 8.21. The molecule has 1 saturated heterocycles. The summed E-state index contributed by atoms with van der Waals surface area (Å²) in [6.45, 7) is 7.13. The minimum atomic E-state index is -1.21. The number of rotatable bonds is 4. The van der Waals surface area contributed by atoms with E-state index in [0.717, 1.165) is 32.4 Å². The molecule has 0 unspecified atom stereocenters. The van der Waals surface area contributed by atoms with Crippen LogP contribution in [-0.4, -0.2) is 29.2 Å². The lowest BCUT2D eigenvalue weighted by Crippen LogP contribution is -2.41. The van der Waals surface area contributed by atoms with Crippen molar-refractivity contribution >= 4 is 28.5 Å². The van der Waals surface area contributed by atoms with E-state index in [2.05, 4.69) is 5.32 Å². The highest BCUT2D eigenvalue weighted by molar-refractivity contribution is 6.12. The van der Waals surface area contributed by atoms with Gasteiger partial charge in [0, 0.05) is 5.56 Å². The van der Waals surface area contributed by atoms with Crippen molar-refractivity contribution in [1.82, 2.24) is 10.2 Å². The highest BCUT2D eigenvalue weighted by Crippen LogP contribution is 2.31. The lowest BCUT2D eigenvalue weighted by molar-refractivity contribution is -0.130. The molecule has 3 amide bonds. The number of nitrogens with zero attached hydrogens (tertiary/aromatic N) is 1. The van der Waals surface area contributed by atoms with Gasteiger partial charge in [-0.05, 0) is 61.2 Å². The Hall–Kier alpha value is -3.47. The molecule has 152 valence electrons. The second-order valence-corrected chi connectivity index (χ2v) is 8.21. The largest absolute Gasteiger partial charge is 0.325 e. The van der Waals surface area contributed by atoms with E-state index >= 15 is 0 Å². The summed E-state index contributed by atoms with van der Waals surface area (Å²) in [5, 5.41) is 4.83. The summed E-state index contributed by atoms with van der Waals surface area (Å²) in [5.41, 5.74) is 2.82. The van der Waals surface area contributed by atoms with Gasteiger partial charge in [0.1, 0.15) is 5.54 Å². The quantitative estimate of drug-likeness (QED) is 0.521. The Morgan fingerprint density at radius 1 is 0.933 bits per heavy atom. The van der Waals surface area contributed by atoms with Crippen molar-refractivity contribution in [1.29, 1.82) is 0 Å². The van der Waals surface area contributed by atoms with Crippen LogP contribution in [0.25, 0.3) is 10.8 Å². The van der Waals surface area contributed by atoms with Crippen molar-refractivity contribution in [3.8, 4) is 0 Å². The zero-order valence-corrected chi connectivity index (χ0v) is 17.6. The maximum atomic E-state index is 13.3. The molecule has 1 N–H and O–H groups in total. The third-order valence-electron chi connectivity index (χ3n) is 5.86. The first-order chi connectivity index (χ1) is 14.2. The molecule has 3 aromatic rings. The molecule has 3 aromatic carbocycles. The van der Waals surface area contributed by atoms with Gasteiger partial charge in [-0.2, -0.15) is 0 Å². The summed E-state index contributed by atoms with van der Waals surface area (Å²) < 4.78 is 0. The van der Waals surface area contributed by atoms with Crippen molar-refractivity contribution < 1.29 is 14.4 Å². The number of carbonyl (C=O) groups excluding carboxylic acids is 3. The Kier molecular flexibility index (Phi) is 4.69. The molecule has 0 saturated carbocycles. The highest BCUT2D eigenvalue weighted by Gasteiger charge is 2.49. The van der Waals surface area contributed by atoms with Gasteiger partial charge in [0.15, 0.2) is 5.78 Å². The number of amides is 3. The lowest BCUT2D eigenvalue weighted by Gasteiger charge is -2.23. The van der Waals surface area contributed by atoms with Gasteiger partial charge < -0.3 is 5.32 Å². The highest BCUT2D eigenvalue weighted by atomic mass is 16.2. The first-order valence-electron chi connectivity index (χ1n) is 9.95. The van der Waals surface area contributed by atoms with E-state index in [0.29, 0.717) is 11.1 Å². The minimum Gasteiger partial charge on any atom is -0.319 e. The number of imide groups is 1. The Labute approximate surface area is 175 Å². The molecular weight excluding hydrogens is 376 g/mol. The number of aryl methyl sites for hydroxylation is 3. The minimum absolute atomic E-state index is 0.240. The molecule has 1 atom stereocenters. The summed E-state index contributed by atoms with van der Waals surface area (Å²) in [6, 6.07) is 16.9. The fourth-order valence-electron chi connectivity index (χ4n) is 4.38. The molecule has 1 fully saturated rings. The third-order valence-corrected chi connectivity index (χ3v) is 5.86. The van der Waals surface area contributed by atoms with E-state index < -0.39 is 17.5 Å². The average Bonchev–Trinajstić information content (AvgIpc) is 2.91. The SMILES string of the molecule is Cc1cc(C)c(C(=O)CN2C(=O)N[C@@](C)(c3ccc4ccccc4c3)C2=O)c(C)c1. The summed E-state index contributed by atoms with van der Waals surface area (Å²) >= 11 is 0. The average molecular weight is 400 g/mol. The van der Waals surface area contributed by atoms with Gasteiger partial charge in [-0.3, -0.25) is 14.5 Å². The molecule has 30 heavy (non-hydrogen) atoms. The zero-order chi connectivity index (χ0) is 21.6. The first kappa shape index (κ1) is 19.8. The number of benzene rings is 3. The third kappa shape index (κ3) is 3.16. The molecule has 0 aromatic heterocycles. The summed E-state index contributed by atoms with van der Waals surface area (Å²) in [5.74, 6) is -0.658. The molecule has 1 aliphatic heterocycles. The van der Waals surface area contributed by atoms with Crippen LogP contribution in [0, 0.1) is 20.8 Å². The van der Waals surface area contributed by atoms with Gasteiger partial charge in [0.05, 0.1) is 6.54 Å². The number of ketones is 1. The number of fused-ring (bicyclic) bond motifs is 1. The number of nitrogens with one attached hydrogen (secondary N) is 1.